The number of allylic oxidation sites excluding steroid dienone is 2. The molecule has 0 radical (unpaired) electrons. The maximum absolute atomic E-state index is 14.5. The van der Waals surface area contributed by atoms with Gasteiger partial charge in [-0.05, 0) is 84.4 Å². The summed E-state index contributed by atoms with van der Waals surface area (Å²) in [5.41, 5.74) is -1.27. The Morgan fingerprint density at radius 2 is 1.61 bits per heavy atom. The fraction of sp³-hybridized carbons (Fsp3) is 0.812. The summed E-state index contributed by atoms with van der Waals surface area (Å²) in [5.74, 6) is 0.494. The summed E-state index contributed by atoms with van der Waals surface area (Å²) >= 11 is 0. The lowest BCUT2D eigenvalue weighted by molar-refractivity contribution is -0.214. The van der Waals surface area contributed by atoms with E-state index >= 15 is 0 Å². The van der Waals surface area contributed by atoms with Gasteiger partial charge < -0.3 is 15.4 Å². The van der Waals surface area contributed by atoms with Crippen LogP contribution in [0.25, 0.3) is 4.85 Å². The first-order valence-electron chi connectivity index (χ1n) is 14.7. The molecular formula is C32H47N3O3. The van der Waals surface area contributed by atoms with Crippen molar-refractivity contribution in [2.24, 2.45) is 50.7 Å². The highest BCUT2D eigenvalue weighted by Crippen LogP contribution is 2.74. The summed E-state index contributed by atoms with van der Waals surface area (Å²) in [4.78, 5) is 44.1. The van der Waals surface area contributed by atoms with Gasteiger partial charge in [-0.1, -0.05) is 54.5 Å². The molecule has 6 heteroatoms. The van der Waals surface area contributed by atoms with Crippen molar-refractivity contribution >= 4 is 17.6 Å². The second-order valence-electron chi connectivity index (χ2n) is 15.5. The molecule has 2 amide bonds. The molecule has 208 valence electrons. The van der Waals surface area contributed by atoms with E-state index in [9.17, 15) is 14.4 Å². The molecule has 0 aromatic heterocycles. The van der Waals surface area contributed by atoms with Gasteiger partial charge in [0.1, 0.15) is 5.78 Å². The van der Waals surface area contributed by atoms with Crippen LogP contribution in [0.5, 0.6) is 0 Å². The average molecular weight is 522 g/mol. The smallest absolute Gasteiger partial charge is 0.314 e. The zero-order valence-electron chi connectivity index (χ0n) is 24.7. The molecule has 6 nitrogen and oxygen atoms in total. The third-order valence-corrected chi connectivity index (χ3v) is 13.0. The van der Waals surface area contributed by atoms with E-state index in [2.05, 4.69) is 50.1 Å². The fourth-order valence-corrected chi connectivity index (χ4v) is 10.8. The van der Waals surface area contributed by atoms with Crippen molar-refractivity contribution < 1.29 is 14.4 Å². The van der Waals surface area contributed by atoms with Crippen molar-refractivity contribution in [3.63, 3.8) is 0 Å². The topological polar surface area (TPSA) is 79.6 Å². The molecule has 38 heavy (non-hydrogen) atoms. The number of urea groups is 1. The van der Waals surface area contributed by atoms with Gasteiger partial charge in [0.15, 0.2) is 5.78 Å². The molecule has 8 atom stereocenters. The van der Waals surface area contributed by atoms with Crippen LogP contribution in [0.4, 0.5) is 4.79 Å². The lowest BCUT2D eigenvalue weighted by Crippen LogP contribution is -2.72. The van der Waals surface area contributed by atoms with Crippen molar-refractivity contribution in [1.29, 1.82) is 0 Å². The van der Waals surface area contributed by atoms with Gasteiger partial charge in [-0.15, -0.1) is 0 Å². The molecule has 0 spiro atoms. The Bertz CT molecular complexity index is 1160. The largest absolute Gasteiger partial charge is 0.341 e. The second-order valence-corrected chi connectivity index (χ2v) is 15.5. The maximum atomic E-state index is 14.5. The van der Waals surface area contributed by atoms with Crippen LogP contribution in [0, 0.1) is 57.3 Å². The number of Topliss-reactive ketones (excluding diaryl/α,β-unsaturated/α-hetero) is 2. The van der Waals surface area contributed by atoms with Gasteiger partial charge in [0.2, 0.25) is 5.70 Å². The third kappa shape index (κ3) is 3.38. The number of ketones is 2. The normalized spacial score (nSPS) is 46.8. The van der Waals surface area contributed by atoms with Crippen LogP contribution in [0.15, 0.2) is 11.8 Å². The van der Waals surface area contributed by atoms with Crippen LogP contribution in [0.2, 0.25) is 0 Å². The Labute approximate surface area is 229 Å². The molecule has 5 aliphatic rings. The van der Waals surface area contributed by atoms with Crippen LogP contribution in [-0.2, 0) is 9.59 Å². The molecule has 0 heterocycles. The summed E-state index contributed by atoms with van der Waals surface area (Å²) in [6.07, 6.45) is 9.05. The summed E-state index contributed by atoms with van der Waals surface area (Å²) in [6.45, 7) is 23.4. The van der Waals surface area contributed by atoms with Gasteiger partial charge in [0.25, 0.3) is 0 Å². The van der Waals surface area contributed by atoms with Crippen LogP contribution in [0.3, 0.4) is 0 Å². The van der Waals surface area contributed by atoms with E-state index < -0.39 is 5.41 Å². The number of nitrogens with zero attached hydrogens (tertiary/aromatic N) is 1. The van der Waals surface area contributed by atoms with Crippen molar-refractivity contribution in [2.75, 3.05) is 7.05 Å². The fourth-order valence-electron chi connectivity index (χ4n) is 10.8. The quantitative estimate of drug-likeness (QED) is 0.396. The molecule has 0 aromatic carbocycles. The van der Waals surface area contributed by atoms with Gasteiger partial charge >= 0.3 is 6.03 Å². The Kier molecular flexibility index (Phi) is 5.90. The van der Waals surface area contributed by atoms with Crippen LogP contribution in [-0.4, -0.2) is 30.2 Å². The summed E-state index contributed by atoms with van der Waals surface area (Å²) in [7, 11) is 1.67. The van der Waals surface area contributed by atoms with Gasteiger partial charge in [-0.3, -0.25) is 4.79 Å². The minimum atomic E-state index is -0.613. The molecule has 0 saturated heterocycles. The minimum absolute atomic E-state index is 0.0445. The molecule has 1 unspecified atom stereocenters. The number of carbonyl (C=O) groups excluding carboxylic acids is 3. The molecule has 0 aliphatic heterocycles. The number of amides is 2. The highest BCUT2D eigenvalue weighted by Gasteiger charge is 2.72. The number of rotatable bonds is 1. The number of carbonyl (C=O) groups is 3. The van der Waals surface area contributed by atoms with E-state index in [1.807, 2.05) is 19.9 Å². The number of hydrogen-bond acceptors (Lipinski definition) is 3. The van der Waals surface area contributed by atoms with E-state index in [-0.39, 0.29) is 68.4 Å². The molecule has 2 N–H and O–H groups in total. The Morgan fingerprint density at radius 3 is 2.24 bits per heavy atom. The summed E-state index contributed by atoms with van der Waals surface area (Å²) < 4.78 is 0. The molecular weight excluding hydrogens is 474 g/mol. The lowest BCUT2D eigenvalue weighted by Gasteiger charge is -2.72. The van der Waals surface area contributed by atoms with Gasteiger partial charge in [0.05, 0.1) is 6.57 Å². The zero-order chi connectivity index (χ0) is 28.1. The first-order chi connectivity index (χ1) is 17.5. The predicted molar refractivity (Wildman–Crippen MR) is 148 cm³/mol. The standard InChI is InChI=1S/C32H47N3O3/c1-27(2)12-14-32(35-26(38)34-9)15-13-31(7)24(19(32)17-27)21(36)16-23-29(5)18-20(33-8)25(37)28(3,4)22(29)10-11-30(23,31)6/h18-19,22-24H,10-17H2,1-7,9H3,(H2,34,35,38)/t19-,22?,23+,24-,29-,30+,31+,32-/m0/s1. The zero-order valence-corrected chi connectivity index (χ0v) is 24.7. The molecule has 4 fully saturated rings. The van der Waals surface area contributed by atoms with Crippen molar-refractivity contribution in [3.8, 4) is 0 Å². The van der Waals surface area contributed by atoms with Crippen molar-refractivity contribution in [3.05, 3.63) is 23.2 Å². The van der Waals surface area contributed by atoms with Crippen molar-refractivity contribution in [2.45, 2.75) is 105 Å². The van der Waals surface area contributed by atoms with Crippen molar-refractivity contribution in [1.82, 2.24) is 10.6 Å². The van der Waals surface area contributed by atoms with Crippen LogP contribution < -0.4 is 10.6 Å². The van der Waals surface area contributed by atoms with E-state index in [0.717, 1.165) is 44.9 Å². The van der Waals surface area contributed by atoms with Crippen LogP contribution in [0.1, 0.15) is 99.8 Å². The maximum Gasteiger partial charge on any atom is 0.314 e. The molecule has 5 aliphatic carbocycles. The Hall–Kier alpha value is -2.16. The molecule has 0 bridgehead atoms. The SMILES string of the molecule is [C-]#[N+]C1=C[C@@]2(C)C(CC[C@]3(C)[C@@H]2CC(=O)[C@@H]2[C@@H]4CC(C)(C)CC[C@]4(NC(=O)NC)CC[C@]23C)C(C)(C)C1=O. The molecule has 5 rings (SSSR count). The first kappa shape index (κ1) is 27.4. The van der Waals surface area contributed by atoms with Gasteiger partial charge in [-0.25, -0.2) is 9.64 Å². The third-order valence-electron chi connectivity index (χ3n) is 13.0. The first-order valence-corrected chi connectivity index (χ1v) is 14.7. The van der Waals surface area contributed by atoms with Gasteiger partial charge in [-0.2, -0.15) is 0 Å². The van der Waals surface area contributed by atoms with E-state index in [1.165, 1.54) is 0 Å². The summed E-state index contributed by atoms with van der Waals surface area (Å²) in [5, 5.41) is 6.15. The number of hydrogen-bond donors (Lipinski definition) is 2. The van der Waals surface area contributed by atoms with E-state index in [1.54, 1.807) is 7.05 Å². The Balaban J connectivity index is 1.62. The highest BCUT2D eigenvalue weighted by atomic mass is 16.2. The Morgan fingerprint density at radius 1 is 0.947 bits per heavy atom. The van der Waals surface area contributed by atoms with Gasteiger partial charge in [0, 0.05) is 30.3 Å². The minimum Gasteiger partial charge on any atom is -0.341 e. The lowest BCUT2D eigenvalue weighted by atomic mass is 9.32. The predicted octanol–water partition coefficient (Wildman–Crippen LogP) is 6.32. The number of nitrogens with one attached hydrogen (secondary N) is 2. The van der Waals surface area contributed by atoms with E-state index in [4.69, 9.17) is 6.57 Å². The summed E-state index contributed by atoms with van der Waals surface area (Å²) in [6, 6.07) is -0.149. The van der Waals surface area contributed by atoms with E-state index in [0.29, 0.717) is 12.2 Å². The van der Waals surface area contributed by atoms with Crippen LogP contribution >= 0.6 is 0 Å². The highest BCUT2D eigenvalue weighted by molar-refractivity contribution is 6.02. The second kappa shape index (κ2) is 8.18. The average Bonchev–Trinajstić information content (AvgIpc) is 2.83. The molecule has 0 aromatic rings. The monoisotopic (exact) mass is 521 g/mol. The molecule has 4 saturated carbocycles. The number of fused-ring (bicyclic) bond motifs is 7.